The van der Waals surface area contributed by atoms with Gasteiger partial charge in [0.2, 0.25) is 0 Å². The summed E-state index contributed by atoms with van der Waals surface area (Å²) in [5, 5.41) is 5.33. The van der Waals surface area contributed by atoms with E-state index in [1.807, 2.05) is 24.3 Å². The Morgan fingerprint density at radius 1 is 1.35 bits per heavy atom. The summed E-state index contributed by atoms with van der Waals surface area (Å²) < 4.78 is 22.2. The van der Waals surface area contributed by atoms with Crippen LogP contribution in [0.1, 0.15) is 26.8 Å². The molecule has 23 heavy (non-hydrogen) atoms. The monoisotopic (exact) mass is 383 g/mol. The van der Waals surface area contributed by atoms with E-state index in [4.69, 9.17) is 4.74 Å². The number of amides is 1. The van der Waals surface area contributed by atoms with E-state index in [-0.39, 0.29) is 13.1 Å². The van der Waals surface area contributed by atoms with Crippen molar-refractivity contribution in [2.24, 2.45) is 0 Å². The third-order valence-corrected chi connectivity index (χ3v) is 4.34. The second-order valence-corrected chi connectivity index (χ2v) is 7.47. The molecule has 0 spiro atoms. The molecule has 3 rings (SSSR count). The summed E-state index contributed by atoms with van der Waals surface area (Å²) in [6.45, 7) is 5.65. The number of rotatable bonds is 1. The van der Waals surface area contributed by atoms with Crippen LogP contribution in [-0.4, -0.2) is 45.6 Å². The van der Waals surface area contributed by atoms with Gasteiger partial charge >= 0.3 is 6.09 Å². The summed E-state index contributed by atoms with van der Waals surface area (Å²) in [4.78, 5) is 13.6. The molecule has 0 saturated carbocycles. The normalized spacial score (nSPS) is 21.9. The number of halogens is 2. The van der Waals surface area contributed by atoms with E-state index in [9.17, 15) is 9.18 Å². The van der Waals surface area contributed by atoms with Crippen LogP contribution in [0.15, 0.2) is 28.9 Å². The highest BCUT2D eigenvalue weighted by Crippen LogP contribution is 2.31. The summed E-state index contributed by atoms with van der Waals surface area (Å²) in [6.07, 6.45) is -1.67. The molecule has 2 aromatic rings. The number of ether oxygens (including phenoxy) is 1. The third-order valence-electron chi connectivity index (χ3n) is 3.75. The molecule has 1 saturated heterocycles. The minimum atomic E-state index is -1.18. The number of aromatic nitrogens is 2. The Labute approximate surface area is 142 Å². The van der Waals surface area contributed by atoms with Gasteiger partial charge in [-0.25, -0.2) is 9.18 Å². The van der Waals surface area contributed by atoms with Crippen molar-refractivity contribution in [3.8, 4) is 0 Å². The smallest absolute Gasteiger partial charge is 0.410 e. The minimum absolute atomic E-state index is 0.0192. The Hall–Kier alpha value is -1.63. The van der Waals surface area contributed by atoms with Crippen LogP contribution in [0.3, 0.4) is 0 Å². The summed E-state index contributed by atoms with van der Waals surface area (Å²) in [5.41, 5.74) is 0.251. The predicted octanol–water partition coefficient (Wildman–Crippen LogP) is 3.93. The van der Waals surface area contributed by atoms with Gasteiger partial charge < -0.3 is 9.64 Å². The largest absolute Gasteiger partial charge is 0.444 e. The molecule has 1 aromatic carbocycles. The topological polar surface area (TPSA) is 47.4 Å². The fourth-order valence-corrected chi connectivity index (χ4v) is 3.26. The van der Waals surface area contributed by atoms with Crippen LogP contribution < -0.4 is 0 Å². The van der Waals surface area contributed by atoms with Crippen LogP contribution in [0.2, 0.25) is 0 Å². The lowest BCUT2D eigenvalue weighted by molar-refractivity contribution is 0.0281. The van der Waals surface area contributed by atoms with E-state index in [1.54, 1.807) is 25.5 Å². The number of para-hydroxylation sites is 1. The lowest BCUT2D eigenvalue weighted by atomic mass is 10.2. The first-order valence-corrected chi connectivity index (χ1v) is 8.30. The molecule has 1 fully saturated rings. The van der Waals surface area contributed by atoms with E-state index in [0.29, 0.717) is 4.60 Å². The van der Waals surface area contributed by atoms with Crippen molar-refractivity contribution < 1.29 is 13.9 Å². The van der Waals surface area contributed by atoms with E-state index in [0.717, 1.165) is 10.9 Å². The molecule has 0 N–H and O–H groups in total. The number of hydrogen-bond acceptors (Lipinski definition) is 3. The number of likely N-dealkylation sites (tertiary alicyclic amines) is 1. The number of carbonyl (C=O) groups is 1. The van der Waals surface area contributed by atoms with Crippen LogP contribution in [0, 0.1) is 0 Å². The van der Waals surface area contributed by atoms with Gasteiger partial charge in [-0.3, -0.25) is 4.68 Å². The van der Waals surface area contributed by atoms with Crippen LogP contribution >= 0.6 is 15.9 Å². The number of carbonyl (C=O) groups excluding carboxylic acids is 1. The maximum absolute atomic E-state index is 14.5. The van der Waals surface area contributed by atoms with Crippen LogP contribution in [0.5, 0.6) is 0 Å². The molecule has 1 aromatic heterocycles. The average molecular weight is 384 g/mol. The van der Waals surface area contributed by atoms with Crippen molar-refractivity contribution in [3.05, 3.63) is 28.9 Å². The molecule has 0 bridgehead atoms. The van der Waals surface area contributed by atoms with Gasteiger partial charge in [-0.15, -0.1) is 0 Å². The summed E-state index contributed by atoms with van der Waals surface area (Å²) in [7, 11) is 0. The molecule has 1 amide bonds. The first-order chi connectivity index (χ1) is 10.8. The van der Waals surface area contributed by atoms with E-state index in [1.165, 1.54) is 4.90 Å². The zero-order valence-electron chi connectivity index (χ0n) is 13.3. The van der Waals surface area contributed by atoms with Gasteiger partial charge in [0.25, 0.3) is 0 Å². The molecule has 2 atom stereocenters. The van der Waals surface area contributed by atoms with Crippen molar-refractivity contribution in [1.29, 1.82) is 0 Å². The molecule has 124 valence electrons. The van der Waals surface area contributed by atoms with Crippen molar-refractivity contribution in [3.63, 3.8) is 0 Å². The lowest BCUT2D eigenvalue weighted by Crippen LogP contribution is -2.35. The second-order valence-electron chi connectivity index (χ2n) is 6.72. The van der Waals surface area contributed by atoms with Gasteiger partial charge in [0, 0.05) is 11.9 Å². The number of hydrogen-bond donors (Lipinski definition) is 0. The second kappa shape index (κ2) is 5.78. The lowest BCUT2D eigenvalue weighted by Gasteiger charge is -2.24. The van der Waals surface area contributed by atoms with Gasteiger partial charge in [-0.1, -0.05) is 18.2 Å². The zero-order chi connectivity index (χ0) is 16.8. The van der Waals surface area contributed by atoms with Gasteiger partial charge in [0.05, 0.1) is 12.1 Å². The van der Waals surface area contributed by atoms with Gasteiger partial charge in [-0.05, 0) is 42.8 Å². The molecule has 2 heterocycles. The molecule has 1 aliphatic heterocycles. The number of benzene rings is 1. The molecular weight excluding hydrogens is 365 g/mol. The molecule has 0 aliphatic carbocycles. The first-order valence-electron chi connectivity index (χ1n) is 7.51. The first kappa shape index (κ1) is 16.2. The highest BCUT2D eigenvalue weighted by atomic mass is 79.9. The summed E-state index contributed by atoms with van der Waals surface area (Å²) in [5.74, 6) is 0. The number of alkyl halides is 1. The Bertz CT molecular complexity index is 740. The zero-order valence-corrected chi connectivity index (χ0v) is 14.9. The summed E-state index contributed by atoms with van der Waals surface area (Å²) in [6, 6.07) is 7.11. The van der Waals surface area contributed by atoms with Crippen LogP contribution in [0.25, 0.3) is 10.9 Å². The summed E-state index contributed by atoms with van der Waals surface area (Å²) >= 11 is 3.41. The van der Waals surface area contributed by atoms with Crippen molar-refractivity contribution >= 4 is 32.9 Å². The third kappa shape index (κ3) is 3.20. The van der Waals surface area contributed by atoms with E-state index < -0.39 is 23.9 Å². The van der Waals surface area contributed by atoms with Gasteiger partial charge in [0.15, 0.2) is 0 Å². The fourth-order valence-electron chi connectivity index (χ4n) is 2.76. The Morgan fingerprint density at radius 2 is 2.04 bits per heavy atom. The number of fused-ring (bicyclic) bond motifs is 1. The molecule has 0 radical (unpaired) electrons. The van der Waals surface area contributed by atoms with Crippen molar-refractivity contribution in [1.82, 2.24) is 14.7 Å². The molecule has 0 unspecified atom stereocenters. The average Bonchev–Trinajstić information content (AvgIpc) is 2.99. The Balaban J connectivity index is 1.85. The van der Waals surface area contributed by atoms with Crippen molar-refractivity contribution in [2.45, 2.75) is 38.6 Å². The Morgan fingerprint density at radius 3 is 2.74 bits per heavy atom. The van der Waals surface area contributed by atoms with Gasteiger partial charge in [-0.2, -0.15) is 5.10 Å². The fraction of sp³-hybridized carbons (Fsp3) is 0.500. The van der Waals surface area contributed by atoms with Crippen molar-refractivity contribution in [2.75, 3.05) is 13.1 Å². The SMILES string of the molecule is CC(C)(C)OC(=O)N1C[C@@H](F)[C@H](n2nc(Br)c3ccccc32)C1. The molecule has 7 heteroatoms. The maximum Gasteiger partial charge on any atom is 0.410 e. The molecule has 1 aliphatic rings. The maximum atomic E-state index is 14.5. The number of nitrogens with zero attached hydrogens (tertiary/aromatic N) is 3. The van der Waals surface area contributed by atoms with Crippen LogP contribution in [0.4, 0.5) is 9.18 Å². The van der Waals surface area contributed by atoms with Crippen LogP contribution in [-0.2, 0) is 4.74 Å². The standard InChI is InChI=1S/C16H19BrFN3O2/c1-16(2,3)23-15(22)20-8-11(18)13(9-20)21-12-7-5-4-6-10(12)14(17)19-21/h4-7,11,13H,8-9H2,1-3H3/t11-,13-/m1/s1. The van der Waals surface area contributed by atoms with Gasteiger partial charge in [0.1, 0.15) is 22.4 Å². The highest BCUT2D eigenvalue weighted by Gasteiger charge is 2.39. The quantitative estimate of drug-likeness (QED) is 0.749. The molecular formula is C16H19BrFN3O2. The minimum Gasteiger partial charge on any atom is -0.444 e. The van der Waals surface area contributed by atoms with E-state index in [2.05, 4.69) is 21.0 Å². The predicted molar refractivity (Wildman–Crippen MR) is 89.2 cm³/mol. The van der Waals surface area contributed by atoms with E-state index >= 15 is 0 Å². The molecule has 5 nitrogen and oxygen atoms in total. The Kier molecular flexibility index (Phi) is 4.08. The highest BCUT2D eigenvalue weighted by molar-refractivity contribution is 9.10.